The van der Waals surface area contributed by atoms with Crippen molar-refractivity contribution in [2.24, 2.45) is 0 Å². The third-order valence-electron chi connectivity index (χ3n) is 3.19. The maximum absolute atomic E-state index is 12.4. The van der Waals surface area contributed by atoms with Gasteiger partial charge >= 0.3 is 6.18 Å². The lowest BCUT2D eigenvalue weighted by molar-refractivity contribution is -0.385. The van der Waals surface area contributed by atoms with Gasteiger partial charge in [0.05, 0.1) is 32.5 Å². The van der Waals surface area contributed by atoms with Gasteiger partial charge in [-0.05, 0) is 25.1 Å². The van der Waals surface area contributed by atoms with Gasteiger partial charge < -0.3 is 5.32 Å². The molecule has 0 fully saturated rings. The zero-order chi connectivity index (χ0) is 18.6. The van der Waals surface area contributed by atoms with Crippen molar-refractivity contribution in [3.05, 3.63) is 57.8 Å². The number of nitro groups is 1. The number of pyridine rings is 1. The van der Waals surface area contributed by atoms with Crippen LogP contribution >= 0.6 is 11.8 Å². The molecule has 0 saturated heterocycles. The number of aromatic nitrogens is 1. The molecule has 0 aliphatic rings. The molecule has 0 bridgehead atoms. The highest BCUT2D eigenvalue weighted by molar-refractivity contribution is 7.99. The van der Waals surface area contributed by atoms with Gasteiger partial charge in [-0.3, -0.25) is 14.9 Å². The molecule has 6 nitrogen and oxygen atoms in total. The van der Waals surface area contributed by atoms with E-state index in [2.05, 4.69) is 10.3 Å². The molecule has 2 aromatic rings. The molecule has 1 amide bonds. The summed E-state index contributed by atoms with van der Waals surface area (Å²) in [5.74, 6) is -0.546. The molecular formula is C15H12F3N3O3S. The first kappa shape index (κ1) is 18.7. The predicted octanol–water partition coefficient (Wildman–Crippen LogP) is 4.05. The summed E-state index contributed by atoms with van der Waals surface area (Å²) >= 11 is 0.959. The molecule has 1 N–H and O–H groups in total. The first-order valence-electron chi connectivity index (χ1n) is 6.88. The van der Waals surface area contributed by atoms with E-state index in [0.717, 1.165) is 17.8 Å². The molecule has 0 unspecified atom stereocenters. The number of nitrogens with one attached hydrogen (secondary N) is 1. The quantitative estimate of drug-likeness (QED) is 0.487. The van der Waals surface area contributed by atoms with Gasteiger partial charge in [0.15, 0.2) is 0 Å². The number of hydrogen-bond donors (Lipinski definition) is 1. The fourth-order valence-corrected chi connectivity index (χ4v) is 2.56. The van der Waals surface area contributed by atoms with Crippen LogP contribution in [0.3, 0.4) is 0 Å². The Morgan fingerprint density at radius 1 is 1.32 bits per heavy atom. The highest BCUT2D eigenvalue weighted by Crippen LogP contribution is 2.30. The summed E-state index contributed by atoms with van der Waals surface area (Å²) in [6.45, 7) is 1.51. The van der Waals surface area contributed by atoms with Crippen molar-refractivity contribution in [3.63, 3.8) is 0 Å². The predicted molar refractivity (Wildman–Crippen MR) is 86.4 cm³/mol. The Kier molecular flexibility index (Phi) is 5.62. The molecule has 0 saturated carbocycles. The molecule has 0 spiro atoms. The molecule has 0 aliphatic heterocycles. The summed E-state index contributed by atoms with van der Waals surface area (Å²) in [5, 5.41) is 13.7. The van der Waals surface area contributed by atoms with E-state index in [0.29, 0.717) is 17.4 Å². The Bertz CT molecular complexity index is 795. The largest absolute Gasteiger partial charge is 0.417 e. The number of carbonyl (C=O) groups excluding carboxylic acids is 1. The number of alkyl halides is 3. The lowest BCUT2D eigenvalue weighted by Gasteiger charge is -2.09. The minimum atomic E-state index is -4.47. The van der Waals surface area contributed by atoms with E-state index in [4.69, 9.17) is 0 Å². The van der Waals surface area contributed by atoms with Crippen LogP contribution < -0.4 is 5.32 Å². The van der Waals surface area contributed by atoms with Gasteiger partial charge in [-0.2, -0.15) is 13.2 Å². The van der Waals surface area contributed by atoms with Crippen molar-refractivity contribution in [1.29, 1.82) is 0 Å². The average molecular weight is 371 g/mol. The highest BCUT2D eigenvalue weighted by Gasteiger charge is 2.30. The second kappa shape index (κ2) is 7.51. The number of amides is 1. The fraction of sp³-hybridized carbons (Fsp3) is 0.200. The van der Waals surface area contributed by atoms with Crippen LogP contribution in [0.2, 0.25) is 0 Å². The summed E-state index contributed by atoms with van der Waals surface area (Å²) in [6.07, 6.45) is -3.77. The zero-order valence-corrected chi connectivity index (χ0v) is 13.6. The summed E-state index contributed by atoms with van der Waals surface area (Å²) < 4.78 is 37.3. The smallest absolute Gasteiger partial charge is 0.325 e. The molecule has 0 aliphatic carbocycles. The van der Waals surface area contributed by atoms with Crippen molar-refractivity contribution in [1.82, 2.24) is 4.98 Å². The first-order chi connectivity index (χ1) is 11.7. The lowest BCUT2D eigenvalue weighted by Crippen LogP contribution is -2.15. The van der Waals surface area contributed by atoms with Crippen LogP contribution in [0.1, 0.15) is 11.1 Å². The number of rotatable bonds is 5. The van der Waals surface area contributed by atoms with Crippen LogP contribution in [-0.4, -0.2) is 21.6 Å². The van der Waals surface area contributed by atoms with E-state index in [1.165, 1.54) is 31.2 Å². The van der Waals surface area contributed by atoms with Crippen LogP contribution in [0, 0.1) is 17.0 Å². The SMILES string of the molecule is Cc1c(NC(=O)CSc2ccc(C(F)(F)F)cn2)cccc1[N+](=O)[O-]. The topological polar surface area (TPSA) is 85.1 Å². The van der Waals surface area contributed by atoms with Crippen LogP contribution in [0.5, 0.6) is 0 Å². The van der Waals surface area contributed by atoms with E-state index >= 15 is 0 Å². The van der Waals surface area contributed by atoms with Gasteiger partial charge in [0.2, 0.25) is 5.91 Å². The first-order valence-corrected chi connectivity index (χ1v) is 7.87. The molecule has 132 valence electrons. The molecular weight excluding hydrogens is 359 g/mol. The van der Waals surface area contributed by atoms with Gasteiger partial charge in [-0.1, -0.05) is 17.8 Å². The number of nitrogens with zero attached hydrogens (tertiary/aromatic N) is 2. The summed E-state index contributed by atoms with van der Waals surface area (Å²) in [4.78, 5) is 25.9. The maximum Gasteiger partial charge on any atom is 0.417 e. The third kappa shape index (κ3) is 4.92. The minimum Gasteiger partial charge on any atom is -0.325 e. The van der Waals surface area contributed by atoms with Gasteiger partial charge in [-0.15, -0.1) is 0 Å². The monoisotopic (exact) mass is 371 g/mol. The van der Waals surface area contributed by atoms with E-state index in [1.54, 1.807) is 0 Å². The van der Waals surface area contributed by atoms with E-state index in [-0.39, 0.29) is 16.5 Å². The number of halogens is 3. The molecule has 25 heavy (non-hydrogen) atoms. The Balaban J connectivity index is 1.97. The Hall–Kier alpha value is -2.62. The number of benzene rings is 1. The molecule has 0 radical (unpaired) electrons. The van der Waals surface area contributed by atoms with Crippen molar-refractivity contribution >= 4 is 29.0 Å². The van der Waals surface area contributed by atoms with E-state index < -0.39 is 22.6 Å². The molecule has 1 heterocycles. The number of thioether (sulfide) groups is 1. The second-order valence-electron chi connectivity index (χ2n) is 4.93. The molecule has 0 atom stereocenters. The maximum atomic E-state index is 12.4. The number of anilines is 1. The van der Waals surface area contributed by atoms with Crippen LogP contribution in [0.25, 0.3) is 0 Å². The van der Waals surface area contributed by atoms with Crippen molar-refractivity contribution in [3.8, 4) is 0 Å². The van der Waals surface area contributed by atoms with Gasteiger partial charge in [-0.25, -0.2) is 4.98 Å². The Labute approximate surface area is 144 Å². The molecule has 1 aromatic heterocycles. The van der Waals surface area contributed by atoms with E-state index in [9.17, 15) is 28.1 Å². The van der Waals surface area contributed by atoms with Crippen LogP contribution in [-0.2, 0) is 11.0 Å². The highest BCUT2D eigenvalue weighted by atomic mass is 32.2. The summed E-state index contributed by atoms with van der Waals surface area (Å²) in [7, 11) is 0. The number of hydrogen-bond acceptors (Lipinski definition) is 5. The van der Waals surface area contributed by atoms with Crippen LogP contribution in [0.4, 0.5) is 24.5 Å². The van der Waals surface area contributed by atoms with Crippen molar-refractivity contribution in [2.45, 2.75) is 18.1 Å². The molecule has 2 rings (SSSR count). The zero-order valence-electron chi connectivity index (χ0n) is 12.8. The average Bonchev–Trinajstić information content (AvgIpc) is 2.54. The summed E-state index contributed by atoms with van der Waals surface area (Å²) in [5.41, 5.74) is -0.359. The standard InChI is InChI=1S/C15H12F3N3O3S/c1-9-11(3-2-4-12(9)21(23)24)20-13(22)8-25-14-6-5-10(7-19-14)15(16,17)18/h2-7H,8H2,1H3,(H,20,22). The fourth-order valence-electron chi connectivity index (χ4n) is 1.92. The van der Waals surface area contributed by atoms with Gasteiger partial charge in [0, 0.05) is 12.3 Å². The van der Waals surface area contributed by atoms with Gasteiger partial charge in [0.1, 0.15) is 0 Å². The van der Waals surface area contributed by atoms with Crippen molar-refractivity contribution in [2.75, 3.05) is 11.1 Å². The molecule has 10 heteroatoms. The Morgan fingerprint density at radius 2 is 2.04 bits per heavy atom. The van der Waals surface area contributed by atoms with E-state index in [1.807, 2.05) is 0 Å². The third-order valence-corrected chi connectivity index (χ3v) is 4.13. The van der Waals surface area contributed by atoms with Crippen molar-refractivity contribution < 1.29 is 22.9 Å². The van der Waals surface area contributed by atoms with Crippen LogP contribution in [0.15, 0.2) is 41.6 Å². The van der Waals surface area contributed by atoms with Gasteiger partial charge in [0.25, 0.3) is 5.69 Å². The second-order valence-corrected chi connectivity index (χ2v) is 5.92. The minimum absolute atomic E-state index is 0.0967. The summed E-state index contributed by atoms with van der Waals surface area (Å²) in [6, 6.07) is 6.37. The lowest BCUT2D eigenvalue weighted by atomic mass is 10.1. The molecule has 1 aromatic carbocycles. The normalized spacial score (nSPS) is 11.2. The number of carbonyl (C=O) groups is 1. The number of nitro benzene ring substituents is 1. The Morgan fingerprint density at radius 3 is 2.60 bits per heavy atom.